The Balaban J connectivity index is 1.65. The second kappa shape index (κ2) is 9.66. The monoisotopic (exact) mass is 460 g/mol. The lowest BCUT2D eigenvalue weighted by Gasteiger charge is -2.09. The highest BCUT2D eigenvalue weighted by Crippen LogP contribution is 2.16. The maximum Gasteiger partial charge on any atom is 0.251 e. The minimum absolute atomic E-state index is 0.184. The molecule has 28 heavy (non-hydrogen) atoms. The van der Waals surface area contributed by atoms with Gasteiger partial charge in [-0.1, -0.05) is 29.3 Å². The van der Waals surface area contributed by atoms with Crippen LogP contribution in [0.4, 0.5) is 0 Å². The van der Waals surface area contributed by atoms with Crippen LogP contribution in [0.1, 0.15) is 35.9 Å². The molecular formula is C20H21BrN4O2S. The van der Waals surface area contributed by atoms with E-state index in [0.717, 1.165) is 28.8 Å². The summed E-state index contributed by atoms with van der Waals surface area (Å²) in [6.45, 7) is 3.04. The number of amides is 1. The Bertz CT molecular complexity index is 981. The molecule has 0 unspecified atom stereocenters. The number of halogens is 1. The van der Waals surface area contributed by atoms with Gasteiger partial charge in [-0.15, -0.1) is 0 Å². The van der Waals surface area contributed by atoms with Crippen LogP contribution in [0, 0.1) is 4.77 Å². The molecule has 146 valence electrons. The summed E-state index contributed by atoms with van der Waals surface area (Å²) in [5, 5.41) is 9.90. The van der Waals surface area contributed by atoms with Crippen molar-refractivity contribution in [1.82, 2.24) is 20.1 Å². The van der Waals surface area contributed by atoms with Crippen molar-refractivity contribution in [1.29, 1.82) is 0 Å². The normalized spacial score (nSPS) is 10.6. The predicted molar refractivity (Wildman–Crippen MR) is 114 cm³/mol. The summed E-state index contributed by atoms with van der Waals surface area (Å²) in [5.41, 5.74) is 1.44. The molecular weight excluding hydrogens is 440 g/mol. The van der Waals surface area contributed by atoms with Crippen molar-refractivity contribution in [2.75, 3.05) is 6.61 Å². The molecule has 0 fully saturated rings. The first-order chi connectivity index (χ1) is 13.6. The number of H-pyrrole nitrogens is 1. The summed E-state index contributed by atoms with van der Waals surface area (Å²) >= 11 is 8.74. The third-order valence-electron chi connectivity index (χ3n) is 4.12. The van der Waals surface area contributed by atoms with Gasteiger partial charge in [0.2, 0.25) is 0 Å². The third kappa shape index (κ3) is 5.08. The average Bonchev–Trinajstić information content (AvgIpc) is 3.08. The molecule has 3 rings (SSSR count). The van der Waals surface area contributed by atoms with Crippen LogP contribution in [-0.2, 0) is 6.54 Å². The van der Waals surface area contributed by atoms with Gasteiger partial charge in [-0.3, -0.25) is 14.5 Å². The number of carbonyl (C=O) groups excluding carboxylic acids is 1. The van der Waals surface area contributed by atoms with Crippen LogP contribution in [0.5, 0.6) is 5.75 Å². The Labute approximate surface area is 177 Å². The number of unbranched alkanes of at least 4 members (excludes halogenated alkanes) is 1. The first-order valence-corrected chi connectivity index (χ1v) is 10.2. The summed E-state index contributed by atoms with van der Waals surface area (Å²) in [7, 11) is 0. The number of aromatic nitrogens is 3. The fraction of sp³-hybridized carbons (Fsp3) is 0.250. The Morgan fingerprint density at radius 1 is 1.21 bits per heavy atom. The molecule has 0 aliphatic rings. The van der Waals surface area contributed by atoms with Crippen LogP contribution in [0.15, 0.2) is 53.0 Å². The number of rotatable bonds is 8. The summed E-state index contributed by atoms with van der Waals surface area (Å²) in [5.74, 6) is 1.21. The van der Waals surface area contributed by atoms with Crippen molar-refractivity contribution in [2.45, 2.75) is 26.3 Å². The van der Waals surface area contributed by atoms with Gasteiger partial charge in [-0.25, -0.2) is 0 Å². The molecule has 0 aliphatic carbocycles. The van der Waals surface area contributed by atoms with Gasteiger partial charge in [0.05, 0.1) is 13.2 Å². The summed E-state index contributed by atoms with van der Waals surface area (Å²) in [6.07, 6.45) is 2.09. The van der Waals surface area contributed by atoms with E-state index in [1.165, 1.54) is 0 Å². The van der Waals surface area contributed by atoms with E-state index in [4.69, 9.17) is 17.0 Å². The zero-order valence-electron chi connectivity index (χ0n) is 15.4. The van der Waals surface area contributed by atoms with Gasteiger partial charge in [0.25, 0.3) is 5.91 Å². The third-order valence-corrected chi connectivity index (χ3v) is 4.92. The maximum atomic E-state index is 12.5. The molecule has 0 atom stereocenters. The van der Waals surface area contributed by atoms with Crippen molar-refractivity contribution < 1.29 is 9.53 Å². The lowest BCUT2D eigenvalue weighted by molar-refractivity contribution is 0.0949. The van der Waals surface area contributed by atoms with Gasteiger partial charge in [-0.2, -0.15) is 5.10 Å². The van der Waals surface area contributed by atoms with Crippen molar-refractivity contribution in [2.24, 2.45) is 0 Å². The number of hydrogen-bond acceptors (Lipinski definition) is 4. The van der Waals surface area contributed by atoms with E-state index in [1.54, 1.807) is 16.7 Å². The molecule has 0 aliphatic heterocycles. The van der Waals surface area contributed by atoms with E-state index in [0.29, 0.717) is 22.8 Å². The fourth-order valence-electron chi connectivity index (χ4n) is 2.60. The molecule has 0 bridgehead atoms. The van der Waals surface area contributed by atoms with E-state index >= 15 is 0 Å². The Kier molecular flexibility index (Phi) is 7.00. The molecule has 6 nitrogen and oxygen atoms in total. The molecule has 0 saturated heterocycles. The van der Waals surface area contributed by atoms with Crippen molar-refractivity contribution in [3.63, 3.8) is 0 Å². The minimum atomic E-state index is -0.184. The highest BCUT2D eigenvalue weighted by molar-refractivity contribution is 9.10. The fourth-order valence-corrected chi connectivity index (χ4v) is 3.12. The van der Waals surface area contributed by atoms with Crippen molar-refractivity contribution in [3.8, 4) is 11.4 Å². The molecule has 0 saturated carbocycles. The number of nitrogens with zero attached hydrogens (tertiary/aromatic N) is 2. The number of carbonyl (C=O) groups is 1. The first-order valence-electron chi connectivity index (χ1n) is 9.02. The Hall–Kier alpha value is -2.45. The molecule has 2 N–H and O–H groups in total. The molecule has 2 aromatic carbocycles. The molecule has 8 heteroatoms. The number of benzene rings is 2. The second-order valence-corrected chi connectivity index (χ2v) is 7.47. The van der Waals surface area contributed by atoms with E-state index in [-0.39, 0.29) is 12.5 Å². The average molecular weight is 461 g/mol. The number of aromatic amines is 1. The lowest BCUT2D eigenvalue weighted by atomic mass is 10.2. The lowest BCUT2D eigenvalue weighted by Crippen LogP contribution is -2.24. The van der Waals surface area contributed by atoms with Gasteiger partial charge in [0, 0.05) is 15.7 Å². The van der Waals surface area contributed by atoms with Crippen LogP contribution in [0.2, 0.25) is 0 Å². The SMILES string of the molecule is CCCCOc1ccc(C(=O)NCc2n[nH]c(=S)n2-c2ccc(Br)cc2)cc1. The number of nitrogens with one attached hydrogen (secondary N) is 2. The molecule has 3 aromatic rings. The van der Waals surface area contributed by atoms with Gasteiger partial charge >= 0.3 is 0 Å². The Morgan fingerprint density at radius 2 is 1.93 bits per heavy atom. The zero-order valence-corrected chi connectivity index (χ0v) is 17.8. The van der Waals surface area contributed by atoms with Gasteiger partial charge in [0.15, 0.2) is 10.6 Å². The second-order valence-electron chi connectivity index (χ2n) is 6.17. The summed E-state index contributed by atoms with van der Waals surface area (Å²) in [4.78, 5) is 12.5. The van der Waals surface area contributed by atoms with Crippen LogP contribution >= 0.6 is 28.1 Å². The van der Waals surface area contributed by atoms with Crippen LogP contribution in [0.25, 0.3) is 5.69 Å². The zero-order chi connectivity index (χ0) is 19.9. The van der Waals surface area contributed by atoms with E-state index in [2.05, 4.69) is 38.4 Å². The number of ether oxygens (including phenoxy) is 1. The smallest absolute Gasteiger partial charge is 0.251 e. The largest absolute Gasteiger partial charge is 0.494 e. The number of hydrogen-bond donors (Lipinski definition) is 2. The molecule has 1 heterocycles. The van der Waals surface area contributed by atoms with Crippen LogP contribution < -0.4 is 10.1 Å². The maximum absolute atomic E-state index is 12.5. The van der Waals surface area contributed by atoms with Gasteiger partial charge in [-0.05, 0) is 67.2 Å². The van der Waals surface area contributed by atoms with Crippen LogP contribution in [-0.4, -0.2) is 27.3 Å². The highest BCUT2D eigenvalue weighted by atomic mass is 79.9. The van der Waals surface area contributed by atoms with E-state index < -0.39 is 0 Å². The summed E-state index contributed by atoms with van der Waals surface area (Å²) in [6, 6.07) is 14.8. The van der Waals surface area contributed by atoms with Crippen LogP contribution in [0.3, 0.4) is 0 Å². The topological polar surface area (TPSA) is 71.9 Å². The predicted octanol–water partition coefficient (Wildman–Crippen LogP) is 4.80. The Morgan fingerprint density at radius 3 is 2.61 bits per heavy atom. The standard InChI is InChI=1S/C20H21BrN4O2S/c1-2-3-12-27-17-10-4-14(5-11-17)19(26)22-13-18-23-24-20(28)25(18)16-8-6-15(21)7-9-16/h4-11H,2-3,12-13H2,1H3,(H,22,26)(H,24,28). The van der Waals surface area contributed by atoms with Crippen molar-refractivity contribution in [3.05, 3.63) is 69.2 Å². The molecule has 1 amide bonds. The molecule has 0 radical (unpaired) electrons. The summed E-state index contributed by atoms with van der Waals surface area (Å²) < 4.78 is 8.87. The van der Waals surface area contributed by atoms with Crippen molar-refractivity contribution >= 4 is 34.1 Å². The molecule has 0 spiro atoms. The van der Waals surface area contributed by atoms with Gasteiger partial charge in [0.1, 0.15) is 5.75 Å². The van der Waals surface area contributed by atoms with E-state index in [9.17, 15) is 4.79 Å². The van der Waals surface area contributed by atoms with E-state index in [1.807, 2.05) is 36.4 Å². The minimum Gasteiger partial charge on any atom is -0.494 e. The first kappa shape index (κ1) is 20.3. The molecule has 1 aromatic heterocycles. The highest BCUT2D eigenvalue weighted by Gasteiger charge is 2.11. The van der Waals surface area contributed by atoms with Gasteiger partial charge < -0.3 is 10.1 Å². The quantitative estimate of drug-likeness (QED) is 0.374.